The lowest BCUT2D eigenvalue weighted by atomic mass is 10.0. The molecular formula is C24H24N2O3. The van der Waals surface area contributed by atoms with Crippen molar-refractivity contribution in [3.63, 3.8) is 0 Å². The smallest absolute Gasteiger partial charge is 0.268 e. The van der Waals surface area contributed by atoms with Gasteiger partial charge in [0.1, 0.15) is 11.5 Å². The minimum atomic E-state index is -0.377. The van der Waals surface area contributed by atoms with Gasteiger partial charge in [-0.2, -0.15) is 0 Å². The van der Waals surface area contributed by atoms with Gasteiger partial charge < -0.3 is 15.1 Å². The van der Waals surface area contributed by atoms with Gasteiger partial charge in [0.05, 0.1) is 12.3 Å². The predicted octanol–water partition coefficient (Wildman–Crippen LogP) is 4.63. The van der Waals surface area contributed by atoms with Gasteiger partial charge >= 0.3 is 0 Å². The zero-order chi connectivity index (χ0) is 20.6. The molecule has 0 aliphatic carbocycles. The summed E-state index contributed by atoms with van der Waals surface area (Å²) < 4.78 is 5.33. The zero-order valence-electron chi connectivity index (χ0n) is 16.5. The van der Waals surface area contributed by atoms with Gasteiger partial charge in [-0.3, -0.25) is 9.59 Å². The Kier molecular flexibility index (Phi) is 6.63. The first kappa shape index (κ1) is 20.1. The summed E-state index contributed by atoms with van der Waals surface area (Å²) in [6.07, 6.45) is 3.76. The van der Waals surface area contributed by atoms with E-state index < -0.39 is 0 Å². The first-order chi connectivity index (χ1) is 14.1. The van der Waals surface area contributed by atoms with E-state index in [1.165, 1.54) is 12.3 Å². The van der Waals surface area contributed by atoms with Crippen LogP contribution >= 0.6 is 0 Å². The van der Waals surface area contributed by atoms with E-state index in [0.29, 0.717) is 11.3 Å². The molecule has 3 aromatic rings. The molecular weight excluding hydrogens is 364 g/mol. The first-order valence-corrected chi connectivity index (χ1v) is 9.56. The lowest BCUT2D eigenvalue weighted by molar-refractivity contribution is -0.118. The molecule has 0 fully saturated rings. The monoisotopic (exact) mass is 388 g/mol. The third kappa shape index (κ3) is 5.45. The molecule has 2 N–H and O–H groups in total. The molecule has 3 rings (SSSR count). The predicted molar refractivity (Wildman–Crippen MR) is 113 cm³/mol. The van der Waals surface area contributed by atoms with Crippen LogP contribution in [0.1, 0.15) is 46.6 Å². The van der Waals surface area contributed by atoms with E-state index >= 15 is 0 Å². The Bertz CT molecular complexity index is 992. The summed E-state index contributed by atoms with van der Waals surface area (Å²) in [6.45, 7) is 3.91. The van der Waals surface area contributed by atoms with Crippen LogP contribution < -0.4 is 10.6 Å². The second kappa shape index (κ2) is 9.55. The highest BCUT2D eigenvalue weighted by molar-refractivity contribution is 6.05. The summed E-state index contributed by atoms with van der Waals surface area (Å²) >= 11 is 0. The second-order valence-electron chi connectivity index (χ2n) is 6.74. The number of aryl methyl sites for hydroxylation is 1. The average molecular weight is 388 g/mol. The van der Waals surface area contributed by atoms with E-state index in [-0.39, 0.29) is 23.6 Å². The highest BCUT2D eigenvalue weighted by Crippen LogP contribution is 2.17. The molecule has 0 radical (unpaired) electrons. The standard InChI is InChI=1S/C24H24N2O3/c1-3-21(18-10-5-4-6-11-18)25-24(28)22(16-20-13-8-14-29-20)26-23(27)19-12-7-9-17(2)15-19/h4-16,21H,3H2,1-2H3,(H,25,28)(H,26,27)/b22-16-/t21-/m1/s1. The maximum absolute atomic E-state index is 13.0. The minimum absolute atomic E-state index is 0.126. The lowest BCUT2D eigenvalue weighted by Crippen LogP contribution is -2.36. The molecule has 5 heteroatoms. The fraction of sp³-hybridized carbons (Fsp3) is 0.167. The fourth-order valence-corrected chi connectivity index (χ4v) is 3.00. The maximum atomic E-state index is 13.0. The Balaban J connectivity index is 1.83. The van der Waals surface area contributed by atoms with E-state index in [0.717, 1.165) is 17.5 Å². The minimum Gasteiger partial charge on any atom is -0.465 e. The van der Waals surface area contributed by atoms with Crippen LogP contribution in [-0.2, 0) is 4.79 Å². The van der Waals surface area contributed by atoms with Crippen molar-refractivity contribution in [2.45, 2.75) is 26.3 Å². The van der Waals surface area contributed by atoms with Gasteiger partial charge in [-0.05, 0) is 43.2 Å². The average Bonchev–Trinajstić information content (AvgIpc) is 3.25. The Labute approximate surface area is 170 Å². The quantitative estimate of drug-likeness (QED) is 0.580. The highest BCUT2D eigenvalue weighted by Gasteiger charge is 2.19. The van der Waals surface area contributed by atoms with Gasteiger partial charge in [0, 0.05) is 11.6 Å². The number of hydrogen-bond donors (Lipinski definition) is 2. The van der Waals surface area contributed by atoms with Gasteiger partial charge in [-0.1, -0.05) is 55.0 Å². The van der Waals surface area contributed by atoms with E-state index in [4.69, 9.17) is 4.42 Å². The van der Waals surface area contributed by atoms with Gasteiger partial charge in [-0.15, -0.1) is 0 Å². The highest BCUT2D eigenvalue weighted by atomic mass is 16.3. The molecule has 0 saturated heterocycles. The number of carbonyl (C=O) groups excluding carboxylic acids is 2. The molecule has 29 heavy (non-hydrogen) atoms. The van der Waals surface area contributed by atoms with Crippen molar-refractivity contribution < 1.29 is 14.0 Å². The van der Waals surface area contributed by atoms with Crippen molar-refractivity contribution in [3.05, 3.63) is 101 Å². The number of furan rings is 1. The van der Waals surface area contributed by atoms with Gasteiger partial charge in [-0.25, -0.2) is 0 Å². The van der Waals surface area contributed by atoms with E-state index in [1.54, 1.807) is 24.3 Å². The summed E-state index contributed by atoms with van der Waals surface area (Å²) in [7, 11) is 0. The topological polar surface area (TPSA) is 71.3 Å². The van der Waals surface area contributed by atoms with Crippen LogP contribution in [0, 0.1) is 6.92 Å². The van der Waals surface area contributed by atoms with Gasteiger partial charge in [0.25, 0.3) is 11.8 Å². The number of rotatable bonds is 7. The number of benzene rings is 2. The Morgan fingerprint density at radius 3 is 2.48 bits per heavy atom. The van der Waals surface area contributed by atoms with Crippen molar-refractivity contribution in [2.75, 3.05) is 0 Å². The third-order valence-corrected chi connectivity index (χ3v) is 4.52. The largest absolute Gasteiger partial charge is 0.465 e. The number of carbonyl (C=O) groups is 2. The molecule has 1 atom stereocenters. The Morgan fingerprint density at radius 2 is 1.83 bits per heavy atom. The summed E-state index contributed by atoms with van der Waals surface area (Å²) in [5.74, 6) is -0.250. The van der Waals surface area contributed by atoms with E-state index in [2.05, 4.69) is 10.6 Å². The van der Waals surface area contributed by atoms with Crippen molar-refractivity contribution >= 4 is 17.9 Å². The molecule has 148 valence electrons. The second-order valence-corrected chi connectivity index (χ2v) is 6.74. The van der Waals surface area contributed by atoms with Crippen LogP contribution in [0.15, 0.2) is 83.1 Å². The Morgan fingerprint density at radius 1 is 1.03 bits per heavy atom. The van der Waals surface area contributed by atoms with Crippen LogP contribution in [0.2, 0.25) is 0 Å². The van der Waals surface area contributed by atoms with E-state index in [9.17, 15) is 9.59 Å². The zero-order valence-corrected chi connectivity index (χ0v) is 16.5. The van der Waals surface area contributed by atoms with Crippen LogP contribution in [0.5, 0.6) is 0 Å². The molecule has 0 aliphatic rings. The third-order valence-electron chi connectivity index (χ3n) is 4.52. The van der Waals surface area contributed by atoms with Crippen molar-refractivity contribution in [1.29, 1.82) is 0 Å². The number of nitrogens with one attached hydrogen (secondary N) is 2. The van der Waals surface area contributed by atoms with Crippen molar-refractivity contribution in [1.82, 2.24) is 10.6 Å². The SMILES string of the molecule is CC[C@@H](NC(=O)/C(=C/c1ccco1)NC(=O)c1cccc(C)c1)c1ccccc1. The van der Waals surface area contributed by atoms with Crippen LogP contribution in [0.3, 0.4) is 0 Å². The van der Waals surface area contributed by atoms with Crippen molar-refractivity contribution in [3.8, 4) is 0 Å². The molecule has 0 bridgehead atoms. The molecule has 2 amide bonds. The maximum Gasteiger partial charge on any atom is 0.268 e. The van der Waals surface area contributed by atoms with Crippen LogP contribution in [0.25, 0.3) is 6.08 Å². The van der Waals surface area contributed by atoms with E-state index in [1.807, 2.05) is 56.3 Å². The summed E-state index contributed by atoms with van der Waals surface area (Å²) in [4.78, 5) is 25.7. The molecule has 5 nitrogen and oxygen atoms in total. The first-order valence-electron chi connectivity index (χ1n) is 9.56. The van der Waals surface area contributed by atoms with Gasteiger partial charge in [0.2, 0.25) is 0 Å². The number of amides is 2. The summed E-state index contributed by atoms with van der Waals surface area (Å²) in [6, 6.07) is 20.2. The molecule has 1 heterocycles. The molecule has 0 unspecified atom stereocenters. The molecule has 0 saturated carbocycles. The van der Waals surface area contributed by atoms with Crippen LogP contribution in [-0.4, -0.2) is 11.8 Å². The fourth-order valence-electron chi connectivity index (χ4n) is 3.00. The Hall–Kier alpha value is -3.60. The molecule has 0 spiro atoms. The van der Waals surface area contributed by atoms with Crippen molar-refractivity contribution in [2.24, 2.45) is 0 Å². The summed E-state index contributed by atoms with van der Waals surface area (Å²) in [5, 5.41) is 5.73. The van der Waals surface area contributed by atoms with Gasteiger partial charge in [0.15, 0.2) is 0 Å². The normalized spacial score (nSPS) is 12.3. The van der Waals surface area contributed by atoms with Crippen LogP contribution in [0.4, 0.5) is 0 Å². The number of hydrogen-bond acceptors (Lipinski definition) is 3. The molecule has 2 aromatic carbocycles. The lowest BCUT2D eigenvalue weighted by Gasteiger charge is -2.19. The molecule has 1 aromatic heterocycles. The summed E-state index contributed by atoms with van der Waals surface area (Å²) in [5.41, 5.74) is 2.58. The molecule has 0 aliphatic heterocycles.